The molecule has 0 amide bonds. The van der Waals surface area contributed by atoms with Gasteiger partial charge in [0.2, 0.25) is 0 Å². The summed E-state index contributed by atoms with van der Waals surface area (Å²) in [6.07, 6.45) is 3.66. The summed E-state index contributed by atoms with van der Waals surface area (Å²) in [5, 5.41) is 0. The van der Waals surface area contributed by atoms with Crippen molar-refractivity contribution in [2.45, 2.75) is 5.41 Å². The fourth-order valence-corrected chi connectivity index (χ4v) is 8.22. The zero-order valence-corrected chi connectivity index (χ0v) is 28.3. The number of nitrogens with zero attached hydrogens (tertiary/aromatic N) is 3. The number of hydrogen-bond acceptors (Lipinski definition) is 3. The van der Waals surface area contributed by atoms with E-state index < -0.39 is 5.41 Å². The molecule has 9 aromatic rings. The number of imidazole rings is 1. The topological polar surface area (TPSA) is 33.7 Å². The van der Waals surface area contributed by atoms with Crippen molar-refractivity contribution in [3.05, 3.63) is 223 Å². The van der Waals surface area contributed by atoms with Gasteiger partial charge in [-0.3, -0.25) is 4.40 Å². The minimum atomic E-state index is -0.497. The van der Waals surface area contributed by atoms with Crippen molar-refractivity contribution in [2.75, 3.05) is 4.90 Å². The van der Waals surface area contributed by atoms with Crippen molar-refractivity contribution < 1.29 is 4.42 Å². The SMILES string of the molecule is c1ccc(N(c2ccccc2)c2ccc(-c3c(-c4ccc5c(c4)C(c4ccccc4)(c4ccccc4)c4ccccc4-5)nc4occn34)cc2)cc1. The molecular weight excluding hydrogens is 635 g/mol. The van der Waals surface area contributed by atoms with E-state index in [4.69, 9.17) is 9.40 Å². The van der Waals surface area contributed by atoms with Crippen LogP contribution in [0.1, 0.15) is 22.3 Å². The minimum absolute atomic E-state index is 0.497. The van der Waals surface area contributed by atoms with E-state index in [1.807, 2.05) is 6.20 Å². The molecule has 10 rings (SSSR count). The molecule has 52 heavy (non-hydrogen) atoms. The first-order valence-electron chi connectivity index (χ1n) is 17.6. The molecular formula is C48H33N3O. The highest BCUT2D eigenvalue weighted by molar-refractivity contribution is 5.90. The standard InChI is InChI=1S/C48H33N3O/c1-5-15-36(16-6-1)48(37-17-7-2-8-18-37)43-24-14-13-23-41(43)42-30-27-35(33-44(42)48)45-46(50-31-32-52-47(50)49-45)34-25-28-40(29-26-34)51(38-19-9-3-10-20-38)39-21-11-4-12-22-39/h1-33H. The smallest absolute Gasteiger partial charge is 0.306 e. The van der Waals surface area contributed by atoms with E-state index in [2.05, 4.69) is 197 Å². The summed E-state index contributed by atoms with van der Waals surface area (Å²) >= 11 is 0. The highest BCUT2D eigenvalue weighted by Gasteiger charge is 2.46. The lowest BCUT2D eigenvalue weighted by Crippen LogP contribution is -2.28. The molecule has 0 unspecified atom stereocenters. The minimum Gasteiger partial charge on any atom is -0.432 e. The lowest BCUT2D eigenvalue weighted by molar-refractivity contribution is 0.596. The lowest BCUT2D eigenvalue weighted by atomic mass is 9.67. The Morgan fingerprint density at radius 2 is 1.00 bits per heavy atom. The normalized spacial score (nSPS) is 12.8. The Hall–Kier alpha value is -6.91. The molecule has 0 saturated heterocycles. The van der Waals surface area contributed by atoms with Gasteiger partial charge in [-0.25, -0.2) is 0 Å². The summed E-state index contributed by atoms with van der Waals surface area (Å²) in [5.41, 5.74) is 14.2. The first-order valence-corrected chi connectivity index (χ1v) is 17.6. The summed E-state index contributed by atoms with van der Waals surface area (Å²) in [4.78, 5) is 7.40. The number of hydrogen-bond donors (Lipinski definition) is 0. The quantitative estimate of drug-likeness (QED) is 0.170. The first kappa shape index (κ1) is 30.0. The second kappa shape index (κ2) is 12.1. The number of aromatic nitrogens is 2. The van der Waals surface area contributed by atoms with Gasteiger partial charge < -0.3 is 9.32 Å². The molecule has 0 aliphatic heterocycles. The monoisotopic (exact) mass is 667 g/mol. The van der Waals surface area contributed by atoms with Crippen LogP contribution in [0.2, 0.25) is 0 Å². The van der Waals surface area contributed by atoms with E-state index in [-0.39, 0.29) is 0 Å². The van der Waals surface area contributed by atoms with Gasteiger partial charge >= 0.3 is 5.84 Å². The average molecular weight is 668 g/mol. The summed E-state index contributed by atoms with van der Waals surface area (Å²) in [5.74, 6) is 0.561. The first-order chi connectivity index (χ1) is 25.8. The Bertz CT molecular complexity index is 2580. The fourth-order valence-electron chi connectivity index (χ4n) is 8.22. The van der Waals surface area contributed by atoms with Gasteiger partial charge in [0.15, 0.2) is 0 Å². The van der Waals surface area contributed by atoms with Gasteiger partial charge in [-0.05, 0) is 75.8 Å². The molecule has 4 heteroatoms. The maximum absolute atomic E-state index is 5.93. The molecule has 0 spiro atoms. The van der Waals surface area contributed by atoms with Gasteiger partial charge in [-0.2, -0.15) is 4.98 Å². The molecule has 0 saturated carbocycles. The highest BCUT2D eigenvalue weighted by Crippen LogP contribution is 2.57. The second-order valence-electron chi connectivity index (χ2n) is 13.2. The fraction of sp³-hybridized carbons (Fsp3) is 0.0208. The Balaban J connectivity index is 1.15. The zero-order valence-electron chi connectivity index (χ0n) is 28.3. The Morgan fingerprint density at radius 3 is 1.63 bits per heavy atom. The molecule has 2 aromatic heterocycles. The van der Waals surface area contributed by atoms with Crippen LogP contribution < -0.4 is 4.90 Å². The number of benzene rings is 7. The average Bonchev–Trinajstić information content (AvgIpc) is 3.91. The van der Waals surface area contributed by atoms with Crippen molar-refractivity contribution in [1.82, 2.24) is 9.38 Å². The van der Waals surface area contributed by atoms with Crippen molar-refractivity contribution in [2.24, 2.45) is 0 Å². The summed E-state index contributed by atoms with van der Waals surface area (Å²) in [7, 11) is 0. The van der Waals surface area contributed by atoms with E-state index in [0.717, 1.165) is 39.6 Å². The number of oxazole rings is 1. The van der Waals surface area contributed by atoms with Gasteiger partial charge in [0.1, 0.15) is 12.0 Å². The van der Waals surface area contributed by atoms with Crippen molar-refractivity contribution in [1.29, 1.82) is 0 Å². The number of fused-ring (bicyclic) bond motifs is 4. The Labute approximate surface area is 302 Å². The maximum atomic E-state index is 5.93. The van der Waals surface area contributed by atoms with Crippen LogP contribution in [0.25, 0.3) is 39.5 Å². The molecule has 4 nitrogen and oxygen atoms in total. The van der Waals surface area contributed by atoms with Crippen LogP contribution in [0.5, 0.6) is 0 Å². The third-order valence-corrected chi connectivity index (χ3v) is 10.4. The van der Waals surface area contributed by atoms with Crippen LogP contribution >= 0.6 is 0 Å². The predicted molar refractivity (Wildman–Crippen MR) is 210 cm³/mol. The maximum Gasteiger partial charge on any atom is 0.306 e. The van der Waals surface area contributed by atoms with Gasteiger partial charge in [-0.15, -0.1) is 0 Å². The molecule has 1 aliphatic rings. The highest BCUT2D eigenvalue weighted by atomic mass is 16.3. The van der Waals surface area contributed by atoms with Crippen LogP contribution in [-0.2, 0) is 5.41 Å². The van der Waals surface area contributed by atoms with Crippen LogP contribution in [0.3, 0.4) is 0 Å². The van der Waals surface area contributed by atoms with Crippen molar-refractivity contribution in [3.63, 3.8) is 0 Å². The van der Waals surface area contributed by atoms with Gasteiger partial charge in [0, 0.05) is 34.4 Å². The molecule has 1 aliphatic carbocycles. The van der Waals surface area contributed by atoms with E-state index in [0.29, 0.717) is 5.84 Å². The molecule has 2 heterocycles. The zero-order chi connectivity index (χ0) is 34.5. The Morgan fingerprint density at radius 1 is 0.481 bits per heavy atom. The van der Waals surface area contributed by atoms with E-state index in [1.54, 1.807) is 6.26 Å². The lowest BCUT2D eigenvalue weighted by Gasteiger charge is -2.34. The largest absolute Gasteiger partial charge is 0.432 e. The summed E-state index contributed by atoms with van der Waals surface area (Å²) in [6, 6.07) is 67.3. The van der Waals surface area contributed by atoms with E-state index in [1.165, 1.54) is 33.4 Å². The second-order valence-corrected chi connectivity index (χ2v) is 13.2. The van der Waals surface area contributed by atoms with Crippen LogP contribution in [0, 0.1) is 0 Å². The summed E-state index contributed by atoms with van der Waals surface area (Å²) < 4.78 is 7.98. The number of rotatable bonds is 7. The summed E-state index contributed by atoms with van der Waals surface area (Å²) in [6.45, 7) is 0. The molecule has 0 bridgehead atoms. The number of anilines is 3. The van der Waals surface area contributed by atoms with E-state index in [9.17, 15) is 0 Å². The third kappa shape index (κ3) is 4.58. The van der Waals surface area contributed by atoms with Crippen molar-refractivity contribution in [3.8, 4) is 33.6 Å². The third-order valence-electron chi connectivity index (χ3n) is 10.4. The molecule has 0 fully saturated rings. The van der Waals surface area contributed by atoms with Crippen LogP contribution in [0.15, 0.2) is 205 Å². The number of para-hydroxylation sites is 2. The van der Waals surface area contributed by atoms with Gasteiger partial charge in [0.25, 0.3) is 0 Å². The van der Waals surface area contributed by atoms with Crippen LogP contribution in [0.4, 0.5) is 17.1 Å². The molecule has 7 aromatic carbocycles. The van der Waals surface area contributed by atoms with E-state index >= 15 is 0 Å². The molecule has 0 atom stereocenters. The Kier molecular flexibility index (Phi) is 7.00. The van der Waals surface area contributed by atoms with Crippen LogP contribution in [-0.4, -0.2) is 9.38 Å². The van der Waals surface area contributed by atoms with Gasteiger partial charge in [0.05, 0.1) is 11.1 Å². The molecule has 0 N–H and O–H groups in total. The predicted octanol–water partition coefficient (Wildman–Crippen LogP) is 12.1. The molecule has 0 radical (unpaired) electrons. The molecule has 246 valence electrons. The van der Waals surface area contributed by atoms with Gasteiger partial charge in [-0.1, -0.05) is 146 Å². The van der Waals surface area contributed by atoms with Crippen molar-refractivity contribution >= 4 is 22.9 Å².